The highest BCUT2D eigenvalue weighted by Crippen LogP contribution is 2.46. The van der Waals surface area contributed by atoms with Gasteiger partial charge >= 0.3 is 0 Å². The smallest absolute Gasteiger partial charge is 0.142 e. The van der Waals surface area contributed by atoms with E-state index in [1.807, 2.05) is 12.1 Å². The number of methoxy groups -OCH3 is 1. The Bertz CT molecular complexity index is 914. The van der Waals surface area contributed by atoms with E-state index in [0.29, 0.717) is 6.04 Å². The molecule has 0 atom stereocenters. The number of piperazine rings is 1. The Balaban J connectivity index is 1.42. The van der Waals surface area contributed by atoms with Crippen molar-refractivity contribution in [2.45, 2.75) is 6.04 Å². The maximum atomic E-state index is 5.56. The molecule has 5 rings (SSSR count). The van der Waals surface area contributed by atoms with Crippen LogP contribution in [0, 0.1) is 0 Å². The molecular weight excluding hydrogens is 332 g/mol. The van der Waals surface area contributed by atoms with Crippen LogP contribution in [-0.2, 0) is 0 Å². The minimum atomic E-state index is 0.372. The zero-order chi connectivity index (χ0) is 18.2. The van der Waals surface area contributed by atoms with E-state index in [-0.39, 0.29) is 0 Å². The number of ether oxygens (including phenoxy) is 1. The summed E-state index contributed by atoms with van der Waals surface area (Å²) >= 11 is 0. The van der Waals surface area contributed by atoms with Crippen LogP contribution in [0.2, 0.25) is 0 Å². The summed E-state index contributed by atoms with van der Waals surface area (Å²) in [5.41, 5.74) is 6.89. The first-order valence-corrected chi connectivity index (χ1v) is 9.67. The topological polar surface area (TPSA) is 15.7 Å². The van der Waals surface area contributed by atoms with Gasteiger partial charge in [-0.1, -0.05) is 60.7 Å². The van der Waals surface area contributed by atoms with Crippen molar-refractivity contribution in [3.8, 4) is 16.9 Å². The van der Waals surface area contributed by atoms with Crippen molar-refractivity contribution in [1.29, 1.82) is 0 Å². The van der Waals surface area contributed by atoms with Crippen LogP contribution >= 0.6 is 0 Å². The zero-order valence-electron chi connectivity index (χ0n) is 15.6. The molecule has 0 radical (unpaired) electrons. The van der Waals surface area contributed by atoms with Crippen molar-refractivity contribution in [2.75, 3.05) is 38.2 Å². The summed E-state index contributed by atoms with van der Waals surface area (Å²) in [6, 6.07) is 26.5. The Labute approximate surface area is 160 Å². The highest BCUT2D eigenvalue weighted by atomic mass is 16.5. The molecule has 1 aliphatic carbocycles. The van der Waals surface area contributed by atoms with E-state index < -0.39 is 0 Å². The molecule has 0 aromatic heterocycles. The lowest BCUT2D eigenvalue weighted by Crippen LogP contribution is -2.47. The van der Waals surface area contributed by atoms with Gasteiger partial charge in [-0.2, -0.15) is 0 Å². The molecule has 0 spiro atoms. The second-order valence-corrected chi connectivity index (χ2v) is 7.27. The molecule has 1 saturated heterocycles. The van der Waals surface area contributed by atoms with Gasteiger partial charge in [-0.3, -0.25) is 4.90 Å². The van der Waals surface area contributed by atoms with Crippen molar-refractivity contribution in [1.82, 2.24) is 4.90 Å². The summed E-state index contributed by atoms with van der Waals surface area (Å²) in [6.45, 7) is 4.12. The summed E-state index contributed by atoms with van der Waals surface area (Å²) in [4.78, 5) is 5.08. The molecule has 27 heavy (non-hydrogen) atoms. The molecule has 0 amide bonds. The molecule has 3 heteroatoms. The van der Waals surface area contributed by atoms with Gasteiger partial charge < -0.3 is 9.64 Å². The number of rotatable bonds is 3. The van der Waals surface area contributed by atoms with E-state index in [0.717, 1.165) is 31.9 Å². The molecule has 0 saturated carbocycles. The number of anilines is 1. The third-order valence-corrected chi connectivity index (χ3v) is 5.91. The molecule has 0 N–H and O–H groups in total. The van der Waals surface area contributed by atoms with E-state index in [4.69, 9.17) is 4.74 Å². The minimum Gasteiger partial charge on any atom is -0.495 e. The average molecular weight is 356 g/mol. The van der Waals surface area contributed by atoms with E-state index in [2.05, 4.69) is 70.5 Å². The van der Waals surface area contributed by atoms with Crippen LogP contribution in [0.15, 0.2) is 72.8 Å². The molecule has 3 aromatic carbocycles. The standard InChI is InChI=1S/C24H24N2O/c1-27-23-13-7-6-12-22(23)25-14-16-26(17-15-25)24-20-10-4-2-8-18(20)19-9-3-5-11-21(19)24/h2-13,24H,14-17H2,1H3. The number of hydrogen-bond donors (Lipinski definition) is 0. The SMILES string of the molecule is COc1ccccc1N1CCN(C2c3ccccc3-c3ccccc32)CC1. The second-order valence-electron chi connectivity index (χ2n) is 7.27. The molecular formula is C24H24N2O. The Kier molecular flexibility index (Phi) is 4.10. The number of hydrogen-bond acceptors (Lipinski definition) is 3. The van der Waals surface area contributed by atoms with Gasteiger partial charge in [-0.15, -0.1) is 0 Å². The Morgan fingerprint density at radius 2 is 1.26 bits per heavy atom. The van der Waals surface area contributed by atoms with Crippen molar-refractivity contribution >= 4 is 5.69 Å². The lowest BCUT2D eigenvalue weighted by molar-refractivity contribution is 0.215. The van der Waals surface area contributed by atoms with Gasteiger partial charge in [-0.05, 0) is 34.4 Å². The van der Waals surface area contributed by atoms with E-state index in [1.54, 1.807) is 7.11 Å². The maximum absolute atomic E-state index is 5.56. The van der Waals surface area contributed by atoms with E-state index in [1.165, 1.54) is 27.9 Å². The third-order valence-electron chi connectivity index (χ3n) is 5.91. The Morgan fingerprint density at radius 1 is 0.704 bits per heavy atom. The van der Waals surface area contributed by atoms with Crippen LogP contribution in [0.5, 0.6) is 5.75 Å². The predicted octanol–water partition coefficient (Wildman–Crippen LogP) is 4.59. The maximum Gasteiger partial charge on any atom is 0.142 e. The summed E-state index contributed by atoms with van der Waals surface area (Å²) in [5, 5.41) is 0. The van der Waals surface area contributed by atoms with Crippen molar-refractivity contribution in [2.24, 2.45) is 0 Å². The fourth-order valence-electron chi connectivity index (χ4n) is 4.63. The molecule has 0 unspecified atom stereocenters. The molecule has 0 bridgehead atoms. The van der Waals surface area contributed by atoms with Gasteiger partial charge in [0, 0.05) is 26.2 Å². The van der Waals surface area contributed by atoms with Gasteiger partial charge in [0.25, 0.3) is 0 Å². The largest absolute Gasteiger partial charge is 0.495 e. The van der Waals surface area contributed by atoms with Gasteiger partial charge in [-0.25, -0.2) is 0 Å². The number of benzene rings is 3. The number of fused-ring (bicyclic) bond motifs is 3. The lowest BCUT2D eigenvalue weighted by Gasteiger charge is -2.40. The Morgan fingerprint density at radius 3 is 1.89 bits per heavy atom. The highest BCUT2D eigenvalue weighted by Gasteiger charge is 2.34. The summed E-state index contributed by atoms with van der Waals surface area (Å²) in [5.74, 6) is 0.961. The van der Waals surface area contributed by atoms with Crippen LogP contribution < -0.4 is 9.64 Å². The van der Waals surface area contributed by atoms with E-state index in [9.17, 15) is 0 Å². The first kappa shape index (κ1) is 16.4. The monoisotopic (exact) mass is 356 g/mol. The highest BCUT2D eigenvalue weighted by molar-refractivity contribution is 5.78. The van der Waals surface area contributed by atoms with Crippen LogP contribution in [-0.4, -0.2) is 38.2 Å². The fraction of sp³-hybridized carbons (Fsp3) is 0.250. The van der Waals surface area contributed by atoms with Crippen molar-refractivity contribution in [3.05, 3.63) is 83.9 Å². The first-order valence-electron chi connectivity index (χ1n) is 9.67. The van der Waals surface area contributed by atoms with E-state index >= 15 is 0 Å². The number of nitrogens with zero attached hydrogens (tertiary/aromatic N) is 2. The zero-order valence-corrected chi connectivity index (χ0v) is 15.6. The Hall–Kier alpha value is -2.78. The van der Waals surface area contributed by atoms with Crippen LogP contribution in [0.3, 0.4) is 0 Å². The molecule has 2 aliphatic rings. The molecule has 1 fully saturated rings. The molecule has 3 nitrogen and oxygen atoms in total. The van der Waals surface area contributed by atoms with Gasteiger partial charge in [0.05, 0.1) is 18.8 Å². The molecule has 3 aromatic rings. The second kappa shape index (κ2) is 6.75. The average Bonchev–Trinajstić information content (AvgIpc) is 3.08. The molecule has 136 valence electrons. The van der Waals surface area contributed by atoms with Crippen LogP contribution in [0.4, 0.5) is 5.69 Å². The normalized spacial score (nSPS) is 16.9. The van der Waals surface area contributed by atoms with Crippen LogP contribution in [0.1, 0.15) is 17.2 Å². The summed E-state index contributed by atoms with van der Waals surface area (Å²) in [6.07, 6.45) is 0. The summed E-state index contributed by atoms with van der Waals surface area (Å²) < 4.78 is 5.56. The van der Waals surface area contributed by atoms with Crippen molar-refractivity contribution < 1.29 is 4.74 Å². The van der Waals surface area contributed by atoms with Crippen LogP contribution in [0.25, 0.3) is 11.1 Å². The minimum absolute atomic E-state index is 0.372. The first-order chi connectivity index (χ1) is 13.4. The lowest BCUT2D eigenvalue weighted by atomic mass is 10.0. The summed E-state index contributed by atoms with van der Waals surface area (Å²) in [7, 11) is 1.75. The molecule has 1 heterocycles. The fourth-order valence-corrected chi connectivity index (χ4v) is 4.63. The predicted molar refractivity (Wildman–Crippen MR) is 111 cm³/mol. The molecule has 1 aliphatic heterocycles. The number of para-hydroxylation sites is 2. The quantitative estimate of drug-likeness (QED) is 0.683. The third kappa shape index (κ3) is 2.70. The van der Waals surface area contributed by atoms with Gasteiger partial charge in [0.2, 0.25) is 0 Å². The van der Waals surface area contributed by atoms with Gasteiger partial charge in [0.1, 0.15) is 5.75 Å². The van der Waals surface area contributed by atoms with Crippen molar-refractivity contribution in [3.63, 3.8) is 0 Å². The van der Waals surface area contributed by atoms with Gasteiger partial charge in [0.15, 0.2) is 0 Å².